The Morgan fingerprint density at radius 2 is 1.52 bits per heavy atom. The number of methoxy groups -OCH3 is 2. The highest BCUT2D eigenvalue weighted by atomic mass is 32.7. The van der Waals surface area contributed by atoms with Crippen molar-refractivity contribution in [1.82, 2.24) is 9.55 Å². The van der Waals surface area contributed by atoms with Crippen LogP contribution in [0.3, 0.4) is 0 Å². The highest BCUT2D eigenvalue weighted by molar-refractivity contribution is 8.35. The number of benzene rings is 3. The summed E-state index contributed by atoms with van der Waals surface area (Å²) in [7, 11) is -0.448. The summed E-state index contributed by atoms with van der Waals surface area (Å²) >= 11 is 5.27. The second-order valence-electron chi connectivity index (χ2n) is 10.7. The van der Waals surface area contributed by atoms with Crippen LogP contribution in [0.25, 0.3) is 0 Å². The maximum Gasteiger partial charge on any atom is 0.330 e. The first-order chi connectivity index (χ1) is 22.1. The molecule has 0 saturated carbocycles. The predicted molar refractivity (Wildman–Crippen MR) is 176 cm³/mol. The maximum absolute atomic E-state index is 12.8. The Labute approximate surface area is 272 Å². The summed E-state index contributed by atoms with van der Waals surface area (Å²) in [5, 5.41) is 0. The fourth-order valence-corrected chi connectivity index (χ4v) is 7.18. The van der Waals surface area contributed by atoms with Gasteiger partial charge < -0.3 is 31.2 Å². The van der Waals surface area contributed by atoms with Gasteiger partial charge in [-0.1, -0.05) is 54.6 Å². The Balaban J connectivity index is 1.58. The van der Waals surface area contributed by atoms with Gasteiger partial charge in [-0.3, -0.25) is 14.3 Å². The average molecular weight is 669 g/mol. The molecule has 2 heterocycles. The van der Waals surface area contributed by atoms with Gasteiger partial charge in [-0.15, -0.1) is 0 Å². The number of ether oxygens (including phenoxy) is 4. The summed E-state index contributed by atoms with van der Waals surface area (Å²) < 4.78 is 36.9. The van der Waals surface area contributed by atoms with Crippen LogP contribution in [-0.2, 0) is 36.4 Å². The van der Waals surface area contributed by atoms with Crippen molar-refractivity contribution in [2.75, 3.05) is 27.4 Å². The first-order valence-electron chi connectivity index (χ1n) is 14.7. The van der Waals surface area contributed by atoms with Crippen LogP contribution in [0.1, 0.15) is 41.8 Å². The maximum atomic E-state index is 12.8. The third kappa shape index (κ3) is 7.24. The van der Waals surface area contributed by atoms with E-state index in [9.17, 15) is 14.5 Å². The molecule has 0 aliphatic carbocycles. The quantitative estimate of drug-likeness (QED) is 0.116. The molecule has 0 bridgehead atoms. The Morgan fingerprint density at radius 3 is 2.07 bits per heavy atom. The molecule has 0 amide bonds. The van der Waals surface area contributed by atoms with Crippen LogP contribution in [0.4, 0.5) is 0 Å². The number of aryl methyl sites for hydroxylation is 1. The Kier molecular flexibility index (Phi) is 10.7. The van der Waals surface area contributed by atoms with E-state index in [4.69, 9.17) is 40.2 Å². The number of aromatic amines is 1. The van der Waals surface area contributed by atoms with Crippen molar-refractivity contribution >= 4 is 19.4 Å². The van der Waals surface area contributed by atoms with Gasteiger partial charge in [-0.2, -0.15) is 9.05 Å². The number of nitrogens with zero attached hydrogens (tertiary/aromatic N) is 1. The van der Waals surface area contributed by atoms with E-state index in [0.29, 0.717) is 17.1 Å². The molecule has 244 valence electrons. The second kappa shape index (κ2) is 14.5. The van der Waals surface area contributed by atoms with E-state index in [1.54, 1.807) is 28.1 Å². The molecule has 46 heavy (non-hydrogen) atoms. The molecular formula is C33H37N2O9PS. The Bertz CT molecular complexity index is 1670. The summed E-state index contributed by atoms with van der Waals surface area (Å²) in [5.41, 5.74) is 0.522. The molecule has 0 radical (unpaired) electrons. The van der Waals surface area contributed by atoms with Crippen LogP contribution in [0.15, 0.2) is 94.6 Å². The van der Waals surface area contributed by atoms with E-state index in [-0.39, 0.29) is 19.6 Å². The van der Waals surface area contributed by atoms with Crippen LogP contribution in [-0.4, -0.2) is 54.1 Å². The fraction of sp³-hybridized carbons (Fsp3) is 0.333. The van der Waals surface area contributed by atoms with Crippen molar-refractivity contribution in [3.05, 3.63) is 128 Å². The molecule has 5 rings (SSSR count). The van der Waals surface area contributed by atoms with Crippen LogP contribution in [0.2, 0.25) is 0 Å². The van der Waals surface area contributed by atoms with Crippen LogP contribution in [0.5, 0.6) is 11.5 Å². The molecule has 4 aromatic rings. The topological polar surface area (TPSA) is 130 Å². The van der Waals surface area contributed by atoms with Gasteiger partial charge in [0.15, 0.2) is 0 Å². The highest BCUT2D eigenvalue weighted by Gasteiger charge is 2.46. The molecule has 13 heteroatoms. The van der Waals surface area contributed by atoms with E-state index >= 15 is 0 Å². The molecule has 1 unspecified atom stereocenters. The zero-order valence-electron chi connectivity index (χ0n) is 26.0. The van der Waals surface area contributed by atoms with Gasteiger partial charge in [0.05, 0.1) is 27.4 Å². The minimum absolute atomic E-state index is 0.0489. The molecule has 1 fully saturated rings. The number of nitrogens with one attached hydrogen (secondary N) is 1. The Hall–Kier alpha value is -3.48. The van der Waals surface area contributed by atoms with Crippen molar-refractivity contribution in [2.45, 2.75) is 44.3 Å². The normalized spacial score (nSPS) is 19.5. The molecule has 2 N–H and O–H groups in total. The Morgan fingerprint density at radius 1 is 0.957 bits per heavy atom. The lowest BCUT2D eigenvalue weighted by molar-refractivity contribution is -0.0928. The summed E-state index contributed by atoms with van der Waals surface area (Å²) in [6.45, 7) is 3.40. The summed E-state index contributed by atoms with van der Waals surface area (Å²) in [5.74, 6) is 1.37. The van der Waals surface area contributed by atoms with Gasteiger partial charge in [-0.25, -0.2) is 9.69 Å². The molecule has 1 aliphatic heterocycles. The van der Waals surface area contributed by atoms with E-state index in [1.807, 2.05) is 78.9 Å². The summed E-state index contributed by atoms with van der Waals surface area (Å²) in [4.78, 5) is 38.0. The van der Waals surface area contributed by atoms with Crippen molar-refractivity contribution in [3.63, 3.8) is 0 Å². The highest BCUT2D eigenvalue weighted by Crippen LogP contribution is 2.57. The lowest BCUT2D eigenvalue weighted by atomic mass is 9.80. The van der Waals surface area contributed by atoms with Crippen molar-refractivity contribution in [1.29, 1.82) is 0 Å². The third-order valence-corrected chi connectivity index (χ3v) is 9.53. The molecule has 4 atom stereocenters. The van der Waals surface area contributed by atoms with E-state index < -0.39 is 42.4 Å². The van der Waals surface area contributed by atoms with Crippen LogP contribution >= 0.6 is 7.15 Å². The van der Waals surface area contributed by atoms with Gasteiger partial charge in [0.25, 0.3) is 12.7 Å². The van der Waals surface area contributed by atoms with Gasteiger partial charge >= 0.3 is 5.69 Å². The monoisotopic (exact) mass is 668 g/mol. The first-order valence-corrected chi connectivity index (χ1v) is 17.3. The summed E-state index contributed by atoms with van der Waals surface area (Å²) in [6.07, 6.45) is -0.890. The first kappa shape index (κ1) is 33.9. The van der Waals surface area contributed by atoms with Crippen molar-refractivity contribution in [2.24, 2.45) is 0 Å². The zero-order chi connectivity index (χ0) is 32.9. The van der Waals surface area contributed by atoms with Gasteiger partial charge in [0.1, 0.15) is 35.5 Å². The van der Waals surface area contributed by atoms with Crippen molar-refractivity contribution in [3.8, 4) is 11.5 Å². The van der Waals surface area contributed by atoms with Crippen LogP contribution in [0, 0.1) is 6.92 Å². The van der Waals surface area contributed by atoms with Gasteiger partial charge in [0.2, 0.25) is 0 Å². The predicted octanol–water partition coefficient (Wildman–Crippen LogP) is 4.80. The zero-order valence-corrected chi connectivity index (χ0v) is 27.7. The van der Waals surface area contributed by atoms with E-state index in [1.165, 1.54) is 10.8 Å². The molecule has 1 aliphatic rings. The molecule has 1 saturated heterocycles. The minimum Gasteiger partial charge on any atom is -0.497 e. The lowest BCUT2D eigenvalue weighted by Crippen LogP contribution is -2.38. The number of H-pyrrole nitrogens is 1. The number of aromatic nitrogens is 2. The van der Waals surface area contributed by atoms with Gasteiger partial charge in [-0.05, 0) is 54.8 Å². The minimum atomic E-state index is -3.66. The number of rotatable bonds is 13. The molecule has 0 spiro atoms. The van der Waals surface area contributed by atoms with Crippen LogP contribution < -0.4 is 20.7 Å². The average Bonchev–Trinajstić information content (AvgIpc) is 3.45. The standard InChI is InChI=1S/C33H37N2O9PS/c1-5-42-45(38,46)44-28-19-30(35-20-22(2)31(36)34-32(35)37)43-29(28)21-41-33(23-9-7-6-8-10-23,24-11-15-26(39-3)16-12-24)25-13-17-27(40-4)18-14-25/h6-18,20,28-30H,5,19,21H2,1-4H3,(H,38,46)(H,34,36,37)/t28-,29+,30+,45?/m0/s1. The van der Waals surface area contributed by atoms with Gasteiger partial charge in [0, 0.05) is 18.2 Å². The lowest BCUT2D eigenvalue weighted by Gasteiger charge is -2.37. The SMILES string of the molecule is CCO[P+](O)([S-])O[C@H]1C[C@H](n2cc(C)c(=O)[nH]c2=O)O[C@@H]1COC(c1ccccc1)(c1ccc(OC)cc1)c1ccc(OC)cc1. The molecule has 3 aromatic carbocycles. The molecule has 1 aromatic heterocycles. The molecular weight excluding hydrogens is 631 g/mol. The summed E-state index contributed by atoms with van der Waals surface area (Å²) in [6, 6.07) is 25.0. The largest absolute Gasteiger partial charge is 0.497 e. The smallest absolute Gasteiger partial charge is 0.330 e. The second-order valence-corrected chi connectivity index (χ2v) is 13.5. The molecule has 11 nitrogen and oxygen atoms in total. The van der Waals surface area contributed by atoms with E-state index in [0.717, 1.165) is 16.7 Å². The van der Waals surface area contributed by atoms with E-state index in [2.05, 4.69) is 4.98 Å². The number of hydrogen-bond donors (Lipinski definition) is 2. The fourth-order valence-electron chi connectivity index (χ4n) is 5.58. The number of hydrogen-bond acceptors (Lipinski definition) is 10. The van der Waals surface area contributed by atoms with Crippen molar-refractivity contribution < 1.29 is 32.9 Å². The third-order valence-electron chi connectivity index (χ3n) is 7.83.